The fourth-order valence-corrected chi connectivity index (χ4v) is 2.50. The van der Waals surface area contributed by atoms with Crippen molar-refractivity contribution in [1.29, 1.82) is 0 Å². The Morgan fingerprint density at radius 2 is 2.10 bits per heavy atom. The van der Waals surface area contributed by atoms with Crippen LogP contribution >= 0.6 is 0 Å². The number of benzene rings is 1. The first kappa shape index (κ1) is 12.9. The van der Waals surface area contributed by atoms with Crippen molar-refractivity contribution in [3.05, 3.63) is 41.7 Å². The number of hydrogen-bond donors (Lipinski definition) is 1. The zero-order valence-corrected chi connectivity index (χ0v) is 11.9. The van der Waals surface area contributed by atoms with Gasteiger partial charge in [-0.25, -0.2) is 4.98 Å². The molecule has 2 heterocycles. The summed E-state index contributed by atoms with van der Waals surface area (Å²) >= 11 is 0. The molecule has 0 atom stereocenters. The van der Waals surface area contributed by atoms with E-state index in [2.05, 4.69) is 29.7 Å². The van der Waals surface area contributed by atoms with Crippen LogP contribution in [-0.2, 0) is 13.1 Å². The SMILES string of the molecule is CCCn1c(-c2ccc(C)o2)nc2cc(CN)ccc21. The molecule has 0 saturated heterocycles. The van der Waals surface area contributed by atoms with Crippen molar-refractivity contribution in [3.8, 4) is 11.6 Å². The van der Waals surface area contributed by atoms with E-state index in [1.807, 2.05) is 19.1 Å². The molecule has 0 spiro atoms. The van der Waals surface area contributed by atoms with E-state index >= 15 is 0 Å². The Morgan fingerprint density at radius 1 is 1.25 bits per heavy atom. The molecule has 4 heteroatoms. The second-order valence-corrected chi connectivity index (χ2v) is 5.02. The summed E-state index contributed by atoms with van der Waals surface area (Å²) in [4.78, 5) is 4.74. The predicted octanol–water partition coefficient (Wildman–Crippen LogP) is 3.47. The monoisotopic (exact) mass is 269 g/mol. The molecule has 3 aromatic rings. The molecule has 0 aliphatic rings. The van der Waals surface area contributed by atoms with Gasteiger partial charge in [0.2, 0.25) is 0 Å². The van der Waals surface area contributed by atoms with Crippen molar-refractivity contribution in [2.45, 2.75) is 33.4 Å². The van der Waals surface area contributed by atoms with E-state index in [0.29, 0.717) is 6.54 Å². The fourth-order valence-electron chi connectivity index (χ4n) is 2.50. The third-order valence-electron chi connectivity index (χ3n) is 3.46. The second-order valence-electron chi connectivity index (χ2n) is 5.02. The minimum absolute atomic E-state index is 0.534. The fraction of sp³-hybridized carbons (Fsp3) is 0.312. The van der Waals surface area contributed by atoms with Gasteiger partial charge >= 0.3 is 0 Å². The van der Waals surface area contributed by atoms with Gasteiger partial charge < -0.3 is 14.7 Å². The third-order valence-corrected chi connectivity index (χ3v) is 3.46. The molecule has 0 saturated carbocycles. The van der Waals surface area contributed by atoms with Crippen LogP contribution in [0, 0.1) is 6.92 Å². The van der Waals surface area contributed by atoms with Gasteiger partial charge in [0, 0.05) is 13.1 Å². The largest absolute Gasteiger partial charge is 0.458 e. The van der Waals surface area contributed by atoms with Gasteiger partial charge in [0.25, 0.3) is 0 Å². The number of nitrogens with two attached hydrogens (primary N) is 1. The number of aryl methyl sites for hydroxylation is 2. The lowest BCUT2D eigenvalue weighted by Gasteiger charge is -2.06. The van der Waals surface area contributed by atoms with Crippen molar-refractivity contribution >= 4 is 11.0 Å². The molecule has 1 aromatic carbocycles. The van der Waals surface area contributed by atoms with Crippen LogP contribution in [0.3, 0.4) is 0 Å². The molecule has 2 N–H and O–H groups in total. The van der Waals surface area contributed by atoms with Gasteiger partial charge in [0.1, 0.15) is 5.76 Å². The van der Waals surface area contributed by atoms with Crippen LogP contribution in [-0.4, -0.2) is 9.55 Å². The number of aromatic nitrogens is 2. The summed E-state index contributed by atoms with van der Waals surface area (Å²) < 4.78 is 7.95. The molecule has 0 bridgehead atoms. The summed E-state index contributed by atoms with van der Waals surface area (Å²) in [7, 11) is 0. The average Bonchev–Trinajstić information content (AvgIpc) is 3.03. The van der Waals surface area contributed by atoms with Gasteiger partial charge in [-0.3, -0.25) is 0 Å². The van der Waals surface area contributed by atoms with Crippen LogP contribution in [0.25, 0.3) is 22.6 Å². The maximum Gasteiger partial charge on any atom is 0.177 e. The van der Waals surface area contributed by atoms with Crippen LogP contribution in [0.15, 0.2) is 34.7 Å². The van der Waals surface area contributed by atoms with E-state index in [4.69, 9.17) is 15.1 Å². The van der Waals surface area contributed by atoms with Gasteiger partial charge in [0.15, 0.2) is 11.6 Å². The number of nitrogens with zero attached hydrogens (tertiary/aromatic N) is 2. The molecule has 0 fully saturated rings. The average molecular weight is 269 g/mol. The van der Waals surface area contributed by atoms with Crippen molar-refractivity contribution in [1.82, 2.24) is 9.55 Å². The second kappa shape index (κ2) is 5.13. The normalized spacial score (nSPS) is 11.3. The summed E-state index contributed by atoms with van der Waals surface area (Å²) in [5, 5.41) is 0. The number of rotatable bonds is 4. The smallest absolute Gasteiger partial charge is 0.177 e. The molecule has 104 valence electrons. The van der Waals surface area contributed by atoms with E-state index in [-0.39, 0.29) is 0 Å². The highest BCUT2D eigenvalue weighted by Gasteiger charge is 2.15. The van der Waals surface area contributed by atoms with Gasteiger partial charge in [-0.05, 0) is 43.2 Å². The topological polar surface area (TPSA) is 57.0 Å². The lowest BCUT2D eigenvalue weighted by atomic mass is 10.2. The Kier molecular flexibility index (Phi) is 3.32. The Hall–Kier alpha value is -2.07. The first-order valence-electron chi connectivity index (χ1n) is 6.99. The number of imidazole rings is 1. The quantitative estimate of drug-likeness (QED) is 0.789. The highest BCUT2D eigenvalue weighted by Crippen LogP contribution is 2.27. The van der Waals surface area contributed by atoms with E-state index in [1.165, 1.54) is 0 Å². The highest BCUT2D eigenvalue weighted by atomic mass is 16.3. The minimum Gasteiger partial charge on any atom is -0.458 e. The maximum absolute atomic E-state index is 5.73. The Morgan fingerprint density at radius 3 is 2.75 bits per heavy atom. The first-order chi connectivity index (χ1) is 9.72. The van der Waals surface area contributed by atoms with Gasteiger partial charge in [0.05, 0.1) is 11.0 Å². The molecule has 4 nitrogen and oxygen atoms in total. The van der Waals surface area contributed by atoms with Crippen molar-refractivity contribution in [2.75, 3.05) is 0 Å². The zero-order valence-electron chi connectivity index (χ0n) is 11.9. The third kappa shape index (κ3) is 2.12. The molecule has 2 aromatic heterocycles. The molecule has 0 radical (unpaired) electrons. The summed E-state index contributed by atoms with van der Waals surface area (Å²) in [5.41, 5.74) is 8.91. The van der Waals surface area contributed by atoms with Crippen molar-refractivity contribution < 1.29 is 4.42 Å². The van der Waals surface area contributed by atoms with Crippen LogP contribution < -0.4 is 5.73 Å². The van der Waals surface area contributed by atoms with Gasteiger partial charge in [-0.2, -0.15) is 0 Å². The van der Waals surface area contributed by atoms with E-state index in [1.54, 1.807) is 0 Å². The lowest BCUT2D eigenvalue weighted by Crippen LogP contribution is -1.99. The molecule has 0 amide bonds. The lowest BCUT2D eigenvalue weighted by molar-refractivity contribution is 0.538. The molecule has 3 rings (SSSR count). The van der Waals surface area contributed by atoms with Gasteiger partial charge in [-0.15, -0.1) is 0 Å². The molecule has 0 aliphatic carbocycles. The summed E-state index contributed by atoms with van der Waals surface area (Å²) in [6, 6.07) is 10.2. The Balaban J connectivity index is 2.21. The van der Waals surface area contributed by atoms with Crippen molar-refractivity contribution in [3.63, 3.8) is 0 Å². The summed E-state index contributed by atoms with van der Waals surface area (Å²) in [6.07, 6.45) is 1.05. The number of furan rings is 1. The molecule has 20 heavy (non-hydrogen) atoms. The molecular weight excluding hydrogens is 250 g/mol. The number of fused-ring (bicyclic) bond motifs is 1. The summed E-state index contributed by atoms with van der Waals surface area (Å²) in [5.74, 6) is 2.61. The predicted molar refractivity (Wildman–Crippen MR) is 80.4 cm³/mol. The maximum atomic E-state index is 5.73. The van der Waals surface area contributed by atoms with E-state index < -0.39 is 0 Å². The minimum atomic E-state index is 0.534. The van der Waals surface area contributed by atoms with Crippen LogP contribution in [0.2, 0.25) is 0 Å². The zero-order chi connectivity index (χ0) is 14.1. The molecular formula is C16H19N3O. The number of hydrogen-bond acceptors (Lipinski definition) is 3. The Bertz CT molecular complexity index is 739. The standard InChI is InChI=1S/C16H19N3O/c1-3-8-19-14-6-5-12(10-17)9-13(14)18-16(19)15-7-4-11(2)20-15/h4-7,9H,3,8,10,17H2,1-2H3. The Labute approximate surface area is 118 Å². The van der Waals surface area contributed by atoms with Crippen molar-refractivity contribution in [2.24, 2.45) is 5.73 Å². The molecule has 0 aliphatic heterocycles. The van der Waals surface area contributed by atoms with E-state index in [0.717, 1.165) is 46.9 Å². The van der Waals surface area contributed by atoms with Crippen LogP contribution in [0.5, 0.6) is 0 Å². The summed E-state index contributed by atoms with van der Waals surface area (Å²) in [6.45, 7) is 5.57. The highest BCUT2D eigenvalue weighted by molar-refractivity contribution is 5.80. The van der Waals surface area contributed by atoms with Crippen LogP contribution in [0.4, 0.5) is 0 Å². The first-order valence-corrected chi connectivity index (χ1v) is 6.99. The molecule has 0 unspecified atom stereocenters. The van der Waals surface area contributed by atoms with Crippen LogP contribution in [0.1, 0.15) is 24.7 Å². The van der Waals surface area contributed by atoms with E-state index in [9.17, 15) is 0 Å². The van der Waals surface area contributed by atoms with Gasteiger partial charge in [-0.1, -0.05) is 13.0 Å².